The number of carbonyl (C=O) groups is 4. The first-order valence-electron chi connectivity index (χ1n) is 9.66. The predicted octanol–water partition coefficient (Wildman–Crippen LogP) is 4.29. The van der Waals surface area contributed by atoms with Gasteiger partial charge in [-0.05, 0) is 41.6 Å². The van der Waals surface area contributed by atoms with Crippen LogP contribution in [-0.2, 0) is 6.42 Å². The molecule has 0 saturated carbocycles. The summed E-state index contributed by atoms with van der Waals surface area (Å²) in [6, 6.07) is 15.1. The van der Waals surface area contributed by atoms with Crippen LogP contribution in [0.15, 0.2) is 60.0 Å². The number of hydrogen-bond donors (Lipinski definition) is 1. The molecule has 4 rings (SSSR count). The van der Waals surface area contributed by atoms with Gasteiger partial charge in [0.05, 0.1) is 28.8 Å². The van der Waals surface area contributed by atoms with E-state index < -0.39 is 11.1 Å². The third-order valence-corrected chi connectivity index (χ3v) is 6.19. The van der Waals surface area contributed by atoms with Gasteiger partial charge in [-0.3, -0.25) is 24.1 Å². The topological polar surface area (TPSA) is 84.0 Å². The maximum Gasteiger partial charge on any atom is 0.290 e. The van der Waals surface area contributed by atoms with Crippen molar-refractivity contribution in [2.45, 2.75) is 6.42 Å². The highest BCUT2D eigenvalue weighted by Crippen LogP contribution is 2.35. The number of thiophene rings is 1. The molecule has 0 N–H and O–H groups in total. The van der Waals surface area contributed by atoms with Crippen molar-refractivity contribution < 1.29 is 23.9 Å². The number of ether oxygens (including phenoxy) is 1. The second-order valence-electron chi connectivity index (χ2n) is 6.93. The van der Waals surface area contributed by atoms with E-state index in [0.717, 1.165) is 4.90 Å². The van der Waals surface area contributed by atoms with Gasteiger partial charge in [0, 0.05) is 6.54 Å². The van der Waals surface area contributed by atoms with Gasteiger partial charge in [0.1, 0.15) is 5.75 Å². The molecule has 1 aromatic heterocycles. The number of rotatable bonds is 6. The lowest BCUT2D eigenvalue weighted by Gasteiger charge is -2.24. The van der Waals surface area contributed by atoms with Crippen molar-refractivity contribution >= 4 is 52.6 Å². The molecule has 9 heteroatoms. The van der Waals surface area contributed by atoms with E-state index in [1.165, 1.54) is 23.3 Å². The first-order valence-corrected chi connectivity index (χ1v) is 11.0. The molecule has 0 atom stereocenters. The van der Waals surface area contributed by atoms with Gasteiger partial charge in [-0.1, -0.05) is 43.0 Å². The molecule has 0 saturated heterocycles. The molecule has 0 spiro atoms. The molecule has 1 aliphatic heterocycles. The van der Waals surface area contributed by atoms with E-state index in [2.05, 4.69) is 12.6 Å². The van der Waals surface area contributed by atoms with Gasteiger partial charge in [-0.2, -0.15) is 0 Å². The lowest BCUT2D eigenvalue weighted by molar-refractivity contribution is 0.0655. The minimum atomic E-state index is -0.769. The van der Waals surface area contributed by atoms with Crippen LogP contribution in [0.4, 0.5) is 10.5 Å². The van der Waals surface area contributed by atoms with Crippen molar-refractivity contribution in [2.75, 3.05) is 18.6 Å². The molecule has 7 nitrogen and oxygen atoms in total. The molecule has 32 heavy (non-hydrogen) atoms. The van der Waals surface area contributed by atoms with Gasteiger partial charge in [0.2, 0.25) is 0 Å². The second kappa shape index (κ2) is 8.97. The number of fused-ring (bicyclic) bond motifs is 1. The number of imide groups is 2. The molecule has 0 fully saturated rings. The summed E-state index contributed by atoms with van der Waals surface area (Å²) in [4.78, 5) is 53.4. The number of amides is 4. The summed E-state index contributed by atoms with van der Waals surface area (Å²) in [5.41, 5.74) is 1.53. The molecular formula is C23H18N2O5S2. The Hall–Kier alpha value is -3.43. The third-order valence-electron chi connectivity index (χ3n) is 5.14. The molecule has 0 unspecified atom stereocenters. The highest BCUT2D eigenvalue weighted by Gasteiger charge is 2.35. The fourth-order valence-electron chi connectivity index (χ4n) is 3.66. The maximum atomic E-state index is 13.1. The van der Waals surface area contributed by atoms with Crippen molar-refractivity contribution in [3.8, 4) is 5.75 Å². The van der Waals surface area contributed by atoms with Crippen LogP contribution in [-0.4, -0.2) is 41.5 Å². The van der Waals surface area contributed by atoms with Crippen LogP contribution in [0.2, 0.25) is 0 Å². The molecule has 3 aromatic rings. The van der Waals surface area contributed by atoms with Gasteiger partial charge in [-0.15, -0.1) is 11.3 Å². The highest BCUT2D eigenvalue weighted by molar-refractivity contribution is 7.97. The largest absolute Gasteiger partial charge is 0.495 e. The Kier molecular flexibility index (Phi) is 6.11. The van der Waals surface area contributed by atoms with Crippen LogP contribution in [0.1, 0.15) is 36.0 Å². The first-order chi connectivity index (χ1) is 15.4. The summed E-state index contributed by atoms with van der Waals surface area (Å²) < 4.78 is 5.43. The Balaban J connectivity index is 1.67. The van der Waals surface area contributed by atoms with E-state index in [4.69, 9.17) is 4.74 Å². The Bertz CT molecular complexity index is 1190. The van der Waals surface area contributed by atoms with Crippen LogP contribution in [0, 0.1) is 0 Å². The summed E-state index contributed by atoms with van der Waals surface area (Å²) in [7, 11) is 1.43. The average Bonchev–Trinajstić information content (AvgIpc) is 3.41. The number of anilines is 1. The Labute approximate surface area is 193 Å². The average molecular weight is 467 g/mol. The number of para-hydroxylation sites is 1. The maximum absolute atomic E-state index is 13.1. The van der Waals surface area contributed by atoms with Crippen molar-refractivity contribution in [2.24, 2.45) is 0 Å². The van der Waals surface area contributed by atoms with Crippen molar-refractivity contribution in [3.05, 3.63) is 81.5 Å². The molecule has 0 aliphatic carbocycles. The van der Waals surface area contributed by atoms with Gasteiger partial charge in [0.15, 0.2) is 0 Å². The smallest absolute Gasteiger partial charge is 0.290 e. The number of benzene rings is 2. The van der Waals surface area contributed by atoms with Gasteiger partial charge in [0.25, 0.3) is 23.0 Å². The monoisotopic (exact) mass is 466 g/mol. The van der Waals surface area contributed by atoms with E-state index >= 15 is 0 Å². The van der Waals surface area contributed by atoms with Crippen molar-refractivity contribution in [1.29, 1.82) is 0 Å². The molecule has 0 radical (unpaired) electrons. The number of hydrogen-bond acceptors (Lipinski definition) is 6. The molecule has 162 valence electrons. The first kappa shape index (κ1) is 21.8. The normalized spacial score (nSPS) is 12.6. The van der Waals surface area contributed by atoms with Gasteiger partial charge >= 0.3 is 0 Å². The summed E-state index contributed by atoms with van der Waals surface area (Å²) in [5.74, 6) is -0.970. The van der Waals surface area contributed by atoms with Crippen molar-refractivity contribution in [3.63, 3.8) is 0 Å². The fraction of sp³-hybridized carbons (Fsp3) is 0.130. The number of thiol groups is 1. The molecule has 2 aromatic carbocycles. The van der Waals surface area contributed by atoms with Crippen LogP contribution in [0.25, 0.3) is 0 Å². The molecule has 0 bridgehead atoms. The molecular weight excluding hydrogens is 448 g/mol. The lowest BCUT2D eigenvalue weighted by atomic mass is 10.1. The van der Waals surface area contributed by atoms with Crippen LogP contribution in [0.3, 0.4) is 0 Å². The van der Waals surface area contributed by atoms with E-state index in [1.807, 2.05) is 0 Å². The summed E-state index contributed by atoms with van der Waals surface area (Å²) in [6.45, 7) is 0.0777. The highest BCUT2D eigenvalue weighted by atomic mass is 32.1. The van der Waals surface area contributed by atoms with Crippen LogP contribution < -0.4 is 9.64 Å². The predicted molar refractivity (Wildman–Crippen MR) is 124 cm³/mol. The van der Waals surface area contributed by atoms with Gasteiger partial charge in [-0.25, -0.2) is 4.90 Å². The molecule has 2 heterocycles. The number of methoxy groups -OCH3 is 1. The van der Waals surface area contributed by atoms with E-state index in [9.17, 15) is 19.2 Å². The zero-order valence-corrected chi connectivity index (χ0v) is 18.7. The quantitative estimate of drug-likeness (QED) is 0.433. The summed E-state index contributed by atoms with van der Waals surface area (Å²) >= 11 is 5.13. The minimum absolute atomic E-state index is 0.0777. The Morgan fingerprint density at radius 3 is 2.25 bits per heavy atom. The number of nitrogens with zero attached hydrogens (tertiary/aromatic N) is 2. The van der Waals surface area contributed by atoms with Crippen LogP contribution >= 0.6 is 24.0 Å². The minimum Gasteiger partial charge on any atom is -0.495 e. The Morgan fingerprint density at radius 2 is 1.69 bits per heavy atom. The van der Waals surface area contributed by atoms with Crippen molar-refractivity contribution in [1.82, 2.24) is 4.90 Å². The molecule has 4 amide bonds. The zero-order valence-electron chi connectivity index (χ0n) is 17.0. The molecule has 1 aliphatic rings. The van der Waals surface area contributed by atoms with E-state index in [-0.39, 0.29) is 30.5 Å². The number of carbonyl (C=O) groups excluding carboxylic acids is 4. The van der Waals surface area contributed by atoms with Crippen LogP contribution in [0.5, 0.6) is 5.75 Å². The second-order valence-corrected chi connectivity index (χ2v) is 8.26. The summed E-state index contributed by atoms with van der Waals surface area (Å²) in [6.07, 6.45) is 0.216. The van der Waals surface area contributed by atoms with Gasteiger partial charge < -0.3 is 4.74 Å². The summed E-state index contributed by atoms with van der Waals surface area (Å²) in [5, 5.41) is 0.967. The SMILES string of the molecule is COc1cccc(CCN2C(=O)c3ccccc3C2=O)c1N(C(=O)S)C(=O)c1cccs1. The van der Waals surface area contributed by atoms with E-state index in [1.54, 1.807) is 60.0 Å². The fourth-order valence-corrected chi connectivity index (χ4v) is 4.50. The third kappa shape index (κ3) is 3.80. The zero-order chi connectivity index (χ0) is 22.8. The lowest BCUT2D eigenvalue weighted by Crippen LogP contribution is -2.35. The Morgan fingerprint density at radius 1 is 1.00 bits per heavy atom. The standard InChI is InChI=1S/C23H18N2O5S2/c1-30-17-9-4-6-14(19(17)25(23(29)31)22(28)18-10-5-13-32-18)11-12-24-20(26)15-7-2-3-8-16(15)21(24)27/h2-10,13H,11-12H2,1H3,(H,29,31). The van der Waals surface area contributed by atoms with E-state index in [0.29, 0.717) is 27.3 Å².